The van der Waals surface area contributed by atoms with E-state index < -0.39 is 0 Å². The highest BCUT2D eigenvalue weighted by Gasteiger charge is 2.13. The summed E-state index contributed by atoms with van der Waals surface area (Å²) in [5, 5.41) is 3.55. The van der Waals surface area contributed by atoms with Gasteiger partial charge in [-0.3, -0.25) is 15.0 Å². The van der Waals surface area contributed by atoms with E-state index in [1.54, 1.807) is 23.5 Å². The Labute approximate surface area is 129 Å². The summed E-state index contributed by atoms with van der Waals surface area (Å²) in [5.74, 6) is -0.112. The van der Waals surface area contributed by atoms with Crippen LogP contribution < -0.4 is 5.32 Å². The van der Waals surface area contributed by atoms with Crippen LogP contribution in [0.15, 0.2) is 30.3 Å². The number of nitrogens with zero attached hydrogens (tertiary/aromatic N) is 2. The zero-order valence-corrected chi connectivity index (χ0v) is 13.5. The maximum atomic E-state index is 12.1. The Bertz CT molecular complexity index is 591. The molecule has 0 saturated carbocycles. The molecule has 0 unspecified atom stereocenters. The van der Waals surface area contributed by atoms with Crippen LogP contribution in [0.2, 0.25) is 0 Å². The highest BCUT2D eigenvalue weighted by molar-refractivity contribution is 7.15. The van der Waals surface area contributed by atoms with Crippen LogP contribution in [0, 0.1) is 6.92 Å². The molecule has 21 heavy (non-hydrogen) atoms. The lowest BCUT2D eigenvalue weighted by Crippen LogP contribution is -2.21. The molecule has 1 aromatic carbocycles. The Morgan fingerprint density at radius 1 is 1.24 bits per heavy atom. The van der Waals surface area contributed by atoms with Crippen LogP contribution in [0.4, 0.5) is 5.13 Å². The largest absolute Gasteiger partial charge is 0.299 e. The van der Waals surface area contributed by atoms with Gasteiger partial charge in [0.2, 0.25) is 0 Å². The number of thiazole rings is 1. The Balaban J connectivity index is 2.07. The third-order valence-electron chi connectivity index (χ3n) is 3.41. The molecule has 0 atom stereocenters. The number of amides is 1. The molecule has 1 heterocycles. The molecule has 0 bridgehead atoms. The average Bonchev–Trinajstić information content (AvgIpc) is 2.85. The summed E-state index contributed by atoms with van der Waals surface area (Å²) >= 11 is 1.56. The van der Waals surface area contributed by atoms with Crippen LogP contribution in [0.1, 0.15) is 34.8 Å². The van der Waals surface area contributed by atoms with E-state index in [0.29, 0.717) is 10.7 Å². The Hall–Kier alpha value is -1.72. The number of benzene rings is 1. The molecule has 1 amide bonds. The van der Waals surface area contributed by atoms with Crippen molar-refractivity contribution in [2.45, 2.75) is 27.3 Å². The third kappa shape index (κ3) is 4.12. The molecular weight excluding hydrogens is 282 g/mol. The monoisotopic (exact) mass is 303 g/mol. The number of hydrogen-bond acceptors (Lipinski definition) is 4. The molecule has 0 saturated heterocycles. The van der Waals surface area contributed by atoms with E-state index in [4.69, 9.17) is 0 Å². The predicted molar refractivity (Wildman–Crippen MR) is 87.9 cm³/mol. The highest BCUT2D eigenvalue weighted by atomic mass is 32.1. The normalized spacial score (nSPS) is 10.9. The van der Waals surface area contributed by atoms with Crippen LogP contribution in [0.25, 0.3) is 0 Å². The van der Waals surface area contributed by atoms with Crippen LogP contribution in [0.3, 0.4) is 0 Å². The fourth-order valence-corrected chi connectivity index (χ4v) is 3.04. The summed E-state index contributed by atoms with van der Waals surface area (Å²) < 4.78 is 0. The number of aryl methyl sites for hydroxylation is 1. The molecule has 112 valence electrons. The number of rotatable bonds is 6. The van der Waals surface area contributed by atoms with Gasteiger partial charge >= 0.3 is 0 Å². The minimum atomic E-state index is -0.112. The van der Waals surface area contributed by atoms with E-state index >= 15 is 0 Å². The predicted octanol–water partition coefficient (Wildman–Crippen LogP) is 3.55. The van der Waals surface area contributed by atoms with Crippen molar-refractivity contribution in [3.05, 3.63) is 46.5 Å². The SMILES string of the molecule is CCN(CC)Cc1sc(NC(=O)c2ccccc2)nc1C. The van der Waals surface area contributed by atoms with Gasteiger partial charge < -0.3 is 0 Å². The summed E-state index contributed by atoms with van der Waals surface area (Å²) in [6.07, 6.45) is 0. The maximum Gasteiger partial charge on any atom is 0.257 e. The summed E-state index contributed by atoms with van der Waals surface area (Å²) in [7, 11) is 0. The summed E-state index contributed by atoms with van der Waals surface area (Å²) in [5.41, 5.74) is 1.64. The first kappa shape index (κ1) is 15.7. The lowest BCUT2D eigenvalue weighted by Gasteiger charge is -2.16. The van der Waals surface area contributed by atoms with Crippen molar-refractivity contribution in [3.8, 4) is 0 Å². The minimum absolute atomic E-state index is 0.112. The standard InChI is InChI=1S/C16H21N3OS/c1-4-19(5-2)11-14-12(3)17-16(21-14)18-15(20)13-9-7-6-8-10-13/h6-10H,4-5,11H2,1-3H3,(H,17,18,20). The molecule has 2 rings (SSSR count). The first-order chi connectivity index (χ1) is 10.1. The second-order valence-electron chi connectivity index (χ2n) is 4.81. The molecular formula is C16H21N3OS. The molecule has 5 heteroatoms. The van der Waals surface area contributed by atoms with Crippen LogP contribution in [-0.4, -0.2) is 28.9 Å². The van der Waals surface area contributed by atoms with Crippen LogP contribution in [-0.2, 0) is 6.54 Å². The summed E-state index contributed by atoms with van der Waals surface area (Å²) in [6.45, 7) is 9.21. The highest BCUT2D eigenvalue weighted by Crippen LogP contribution is 2.24. The van der Waals surface area contributed by atoms with Gasteiger partial charge in [0.05, 0.1) is 5.69 Å². The first-order valence-corrected chi connectivity index (χ1v) is 8.00. The third-order valence-corrected chi connectivity index (χ3v) is 4.47. The van der Waals surface area contributed by atoms with Crippen molar-refractivity contribution in [3.63, 3.8) is 0 Å². The van der Waals surface area contributed by atoms with E-state index in [0.717, 1.165) is 25.3 Å². The van der Waals surface area contributed by atoms with Gasteiger partial charge in [-0.2, -0.15) is 0 Å². The summed E-state index contributed by atoms with van der Waals surface area (Å²) in [4.78, 5) is 20.1. The molecule has 1 aromatic heterocycles. The van der Waals surface area contributed by atoms with Gasteiger partial charge in [-0.25, -0.2) is 4.98 Å². The fraction of sp³-hybridized carbons (Fsp3) is 0.375. The van der Waals surface area contributed by atoms with Crippen LogP contribution >= 0.6 is 11.3 Å². The topological polar surface area (TPSA) is 45.2 Å². The van der Waals surface area contributed by atoms with Crippen LogP contribution in [0.5, 0.6) is 0 Å². The first-order valence-electron chi connectivity index (χ1n) is 7.19. The molecule has 0 aliphatic rings. The molecule has 4 nitrogen and oxygen atoms in total. The quantitative estimate of drug-likeness (QED) is 0.887. The maximum absolute atomic E-state index is 12.1. The minimum Gasteiger partial charge on any atom is -0.299 e. The number of aromatic nitrogens is 1. The van der Waals surface area contributed by atoms with Gasteiger partial charge in [0, 0.05) is 17.0 Å². The van der Waals surface area contributed by atoms with Crippen molar-refractivity contribution in [1.29, 1.82) is 0 Å². The van der Waals surface area contributed by atoms with E-state index in [9.17, 15) is 4.79 Å². The lowest BCUT2D eigenvalue weighted by atomic mass is 10.2. The van der Waals surface area contributed by atoms with E-state index in [2.05, 4.69) is 29.0 Å². The number of nitrogens with one attached hydrogen (secondary N) is 1. The zero-order valence-electron chi connectivity index (χ0n) is 12.7. The van der Waals surface area contributed by atoms with E-state index in [-0.39, 0.29) is 5.91 Å². The molecule has 0 aliphatic carbocycles. The Kier molecular flexibility index (Phi) is 5.47. The second-order valence-corrected chi connectivity index (χ2v) is 5.89. The van der Waals surface area contributed by atoms with Gasteiger partial charge in [-0.05, 0) is 32.1 Å². The van der Waals surface area contributed by atoms with Gasteiger partial charge in [0.1, 0.15) is 0 Å². The van der Waals surface area contributed by atoms with E-state index in [1.165, 1.54) is 4.88 Å². The zero-order chi connectivity index (χ0) is 15.2. The van der Waals surface area contributed by atoms with Gasteiger partial charge in [0.25, 0.3) is 5.91 Å². The molecule has 0 spiro atoms. The Morgan fingerprint density at radius 2 is 1.90 bits per heavy atom. The fourth-order valence-electron chi connectivity index (χ4n) is 2.04. The van der Waals surface area contributed by atoms with Gasteiger partial charge in [0.15, 0.2) is 5.13 Å². The molecule has 1 N–H and O–H groups in total. The van der Waals surface area contributed by atoms with E-state index in [1.807, 2.05) is 25.1 Å². The lowest BCUT2D eigenvalue weighted by molar-refractivity contribution is 0.102. The molecule has 2 aromatic rings. The number of carbonyl (C=O) groups excluding carboxylic acids is 1. The van der Waals surface area contributed by atoms with Crippen molar-refractivity contribution >= 4 is 22.4 Å². The van der Waals surface area contributed by atoms with Crippen molar-refractivity contribution in [1.82, 2.24) is 9.88 Å². The number of anilines is 1. The van der Waals surface area contributed by atoms with Gasteiger partial charge in [-0.15, -0.1) is 11.3 Å². The average molecular weight is 303 g/mol. The van der Waals surface area contributed by atoms with Crippen molar-refractivity contribution < 1.29 is 4.79 Å². The number of hydrogen-bond donors (Lipinski definition) is 1. The molecule has 0 aliphatic heterocycles. The Morgan fingerprint density at radius 3 is 2.52 bits per heavy atom. The summed E-state index contributed by atoms with van der Waals surface area (Å²) in [6, 6.07) is 9.20. The second kappa shape index (κ2) is 7.33. The molecule has 0 radical (unpaired) electrons. The van der Waals surface area contributed by atoms with Crippen molar-refractivity contribution in [2.75, 3.05) is 18.4 Å². The van der Waals surface area contributed by atoms with Crippen molar-refractivity contribution in [2.24, 2.45) is 0 Å². The number of carbonyl (C=O) groups is 1. The van der Waals surface area contributed by atoms with Gasteiger partial charge in [-0.1, -0.05) is 32.0 Å². The smallest absolute Gasteiger partial charge is 0.257 e. The molecule has 0 fully saturated rings.